The van der Waals surface area contributed by atoms with Gasteiger partial charge in [-0.1, -0.05) is 17.8 Å². The highest BCUT2D eigenvalue weighted by molar-refractivity contribution is 7.99. The van der Waals surface area contributed by atoms with Gasteiger partial charge in [-0.2, -0.15) is 0 Å². The molecule has 1 atom stereocenters. The van der Waals surface area contributed by atoms with Gasteiger partial charge in [0.15, 0.2) is 6.10 Å². The Labute approximate surface area is 153 Å². The summed E-state index contributed by atoms with van der Waals surface area (Å²) in [6.45, 7) is 5.40. The first-order valence-electron chi connectivity index (χ1n) is 7.55. The monoisotopic (exact) mass is 380 g/mol. The second-order valence-corrected chi connectivity index (χ2v) is 5.88. The summed E-state index contributed by atoms with van der Waals surface area (Å²) in [6.07, 6.45) is 0.939. The fraction of sp³-hybridized carbons (Fsp3) is 0.250. The van der Waals surface area contributed by atoms with Crippen molar-refractivity contribution in [1.29, 1.82) is 0 Å². The van der Waals surface area contributed by atoms with Gasteiger partial charge in [-0.15, -0.1) is 16.8 Å². The second kappa shape index (κ2) is 9.56. The van der Waals surface area contributed by atoms with E-state index in [1.54, 1.807) is 6.92 Å². The predicted octanol–water partition coefficient (Wildman–Crippen LogP) is 2.45. The topological polar surface area (TPSA) is 106 Å². The number of rotatable bonds is 8. The Balaban J connectivity index is 1.81. The molecular formula is C16H17FN4O4S. The van der Waals surface area contributed by atoms with E-state index in [4.69, 9.17) is 9.15 Å². The van der Waals surface area contributed by atoms with Gasteiger partial charge in [-0.05, 0) is 31.2 Å². The molecule has 1 heterocycles. The molecule has 1 aromatic heterocycles. The van der Waals surface area contributed by atoms with Gasteiger partial charge in [-0.25, -0.2) is 9.18 Å². The minimum absolute atomic E-state index is 0.0731. The van der Waals surface area contributed by atoms with E-state index in [1.807, 2.05) is 0 Å². The zero-order valence-corrected chi connectivity index (χ0v) is 14.7. The average molecular weight is 380 g/mol. The number of nitrogens with zero attached hydrogens (tertiary/aromatic N) is 2. The van der Waals surface area contributed by atoms with Gasteiger partial charge in [0.05, 0.1) is 5.75 Å². The molecule has 0 spiro atoms. The quantitative estimate of drug-likeness (QED) is 0.535. The molecule has 0 saturated carbocycles. The normalized spacial score (nSPS) is 11.5. The molecular weight excluding hydrogens is 363 g/mol. The molecule has 3 amide bonds. The van der Waals surface area contributed by atoms with E-state index in [1.165, 1.54) is 30.3 Å². The van der Waals surface area contributed by atoms with Crippen molar-refractivity contribution in [2.24, 2.45) is 0 Å². The molecule has 2 rings (SSSR count). The summed E-state index contributed by atoms with van der Waals surface area (Å²) >= 11 is 0.983. The molecule has 0 aliphatic carbocycles. The van der Waals surface area contributed by atoms with Gasteiger partial charge in [0.25, 0.3) is 11.1 Å². The zero-order valence-electron chi connectivity index (χ0n) is 13.9. The maximum Gasteiger partial charge on any atom is 0.321 e. The lowest BCUT2D eigenvalue weighted by Gasteiger charge is -2.10. The van der Waals surface area contributed by atoms with Gasteiger partial charge >= 0.3 is 6.03 Å². The maximum absolute atomic E-state index is 12.9. The van der Waals surface area contributed by atoms with Crippen LogP contribution < -0.4 is 15.4 Å². The molecule has 1 aromatic carbocycles. The van der Waals surface area contributed by atoms with Crippen LogP contribution in [-0.2, 0) is 4.79 Å². The summed E-state index contributed by atoms with van der Waals surface area (Å²) in [6, 6.07) is 4.92. The number of hydrogen-bond donors (Lipinski definition) is 2. The highest BCUT2D eigenvalue weighted by Gasteiger charge is 2.17. The summed E-state index contributed by atoms with van der Waals surface area (Å²) in [7, 11) is 0. The number of halogens is 1. The van der Waals surface area contributed by atoms with E-state index < -0.39 is 18.0 Å². The molecule has 0 radical (unpaired) electrons. The molecule has 2 aromatic rings. The molecule has 0 saturated heterocycles. The number of hydrogen-bond acceptors (Lipinski definition) is 7. The van der Waals surface area contributed by atoms with Crippen molar-refractivity contribution in [1.82, 2.24) is 20.8 Å². The molecule has 0 fully saturated rings. The van der Waals surface area contributed by atoms with Crippen molar-refractivity contribution >= 4 is 23.7 Å². The van der Waals surface area contributed by atoms with Crippen molar-refractivity contribution < 1.29 is 23.1 Å². The van der Waals surface area contributed by atoms with Crippen LogP contribution in [0.15, 0.2) is 46.6 Å². The summed E-state index contributed by atoms with van der Waals surface area (Å²) in [5.74, 6) is -0.280. The molecule has 0 aliphatic rings. The van der Waals surface area contributed by atoms with Crippen molar-refractivity contribution in [2.75, 3.05) is 12.3 Å². The van der Waals surface area contributed by atoms with E-state index in [0.717, 1.165) is 11.8 Å². The van der Waals surface area contributed by atoms with Gasteiger partial charge < -0.3 is 14.5 Å². The summed E-state index contributed by atoms with van der Waals surface area (Å²) in [4.78, 5) is 23.0. The van der Waals surface area contributed by atoms with Crippen LogP contribution in [0, 0.1) is 5.82 Å². The van der Waals surface area contributed by atoms with Gasteiger partial charge in [0.1, 0.15) is 11.6 Å². The SMILES string of the molecule is C=CCNC(=O)NC(=O)CSc1nnc([C@@H](C)Oc2ccc(F)cc2)o1. The van der Waals surface area contributed by atoms with Gasteiger partial charge in [0.2, 0.25) is 5.91 Å². The number of amides is 3. The summed E-state index contributed by atoms with van der Waals surface area (Å²) in [5, 5.41) is 12.4. The van der Waals surface area contributed by atoms with Gasteiger partial charge in [-0.3, -0.25) is 10.1 Å². The molecule has 0 unspecified atom stereocenters. The van der Waals surface area contributed by atoms with Crippen molar-refractivity contribution in [3.8, 4) is 5.75 Å². The molecule has 8 nitrogen and oxygen atoms in total. The minimum atomic E-state index is -0.608. The van der Waals surface area contributed by atoms with E-state index in [2.05, 4.69) is 27.4 Å². The Kier molecular flexibility index (Phi) is 7.15. The smallest absolute Gasteiger partial charge is 0.321 e. The average Bonchev–Trinajstić information content (AvgIpc) is 3.09. The molecule has 2 N–H and O–H groups in total. The Bertz CT molecular complexity index is 766. The number of benzene rings is 1. The third-order valence-electron chi connectivity index (χ3n) is 2.88. The van der Waals surface area contributed by atoms with Crippen LogP contribution in [0.3, 0.4) is 0 Å². The fourth-order valence-electron chi connectivity index (χ4n) is 1.71. The van der Waals surface area contributed by atoms with Crippen LogP contribution in [0.5, 0.6) is 5.75 Å². The van der Waals surface area contributed by atoms with E-state index in [0.29, 0.717) is 5.75 Å². The second-order valence-electron chi connectivity index (χ2n) is 4.96. The van der Waals surface area contributed by atoms with Crippen molar-refractivity contribution in [2.45, 2.75) is 18.3 Å². The fourth-order valence-corrected chi connectivity index (χ4v) is 2.28. The first-order chi connectivity index (χ1) is 12.5. The lowest BCUT2D eigenvalue weighted by Crippen LogP contribution is -2.40. The summed E-state index contributed by atoms with van der Waals surface area (Å²) < 4.78 is 23.9. The van der Waals surface area contributed by atoms with E-state index >= 15 is 0 Å². The molecule has 26 heavy (non-hydrogen) atoms. The molecule has 10 heteroatoms. The number of nitrogens with one attached hydrogen (secondary N) is 2. The number of ether oxygens (including phenoxy) is 1. The molecule has 0 aliphatic heterocycles. The van der Waals surface area contributed by atoms with Crippen LogP contribution in [0.4, 0.5) is 9.18 Å². The highest BCUT2D eigenvalue weighted by Crippen LogP contribution is 2.23. The number of thioether (sulfide) groups is 1. The lowest BCUT2D eigenvalue weighted by molar-refractivity contribution is -0.117. The Hall–Kier alpha value is -2.88. The van der Waals surface area contributed by atoms with Crippen molar-refractivity contribution in [3.05, 3.63) is 48.6 Å². The first kappa shape index (κ1) is 19.4. The summed E-state index contributed by atoms with van der Waals surface area (Å²) in [5.41, 5.74) is 0. The number of aromatic nitrogens is 2. The van der Waals surface area contributed by atoms with Crippen LogP contribution in [-0.4, -0.2) is 34.4 Å². The Morgan fingerprint density at radius 3 is 2.81 bits per heavy atom. The third kappa shape index (κ3) is 6.20. The van der Waals surface area contributed by atoms with Crippen LogP contribution in [0.2, 0.25) is 0 Å². The van der Waals surface area contributed by atoms with Crippen molar-refractivity contribution in [3.63, 3.8) is 0 Å². The molecule has 0 bridgehead atoms. The van der Waals surface area contributed by atoms with Crippen LogP contribution in [0.25, 0.3) is 0 Å². The van der Waals surface area contributed by atoms with Crippen LogP contribution >= 0.6 is 11.8 Å². The van der Waals surface area contributed by atoms with E-state index in [-0.39, 0.29) is 29.2 Å². The van der Waals surface area contributed by atoms with Crippen LogP contribution in [0.1, 0.15) is 18.9 Å². The highest BCUT2D eigenvalue weighted by atomic mass is 32.2. The largest absolute Gasteiger partial charge is 0.481 e. The number of carbonyl (C=O) groups excluding carboxylic acids is 2. The van der Waals surface area contributed by atoms with Gasteiger partial charge in [0, 0.05) is 6.54 Å². The number of carbonyl (C=O) groups is 2. The standard InChI is InChI=1S/C16H17FN4O4S/c1-3-8-18-15(23)19-13(22)9-26-16-21-20-14(25-16)10(2)24-12-6-4-11(17)5-7-12/h3-7,10H,1,8-9H2,2H3,(H2,18,19,22,23)/t10-/m1/s1. The zero-order chi connectivity index (χ0) is 18.9. The number of imide groups is 1. The molecule has 138 valence electrons. The third-order valence-corrected chi connectivity index (χ3v) is 3.70. The van der Waals surface area contributed by atoms with E-state index in [9.17, 15) is 14.0 Å². The predicted molar refractivity (Wildman–Crippen MR) is 92.2 cm³/mol. The maximum atomic E-state index is 12.9. The first-order valence-corrected chi connectivity index (χ1v) is 8.53. The number of urea groups is 1. The lowest BCUT2D eigenvalue weighted by atomic mass is 10.3. The minimum Gasteiger partial charge on any atom is -0.481 e. The Morgan fingerprint density at radius 1 is 1.38 bits per heavy atom. The Morgan fingerprint density at radius 2 is 2.12 bits per heavy atom.